The maximum atomic E-state index is 13.5. The number of fused-ring (bicyclic) bond motifs is 1. The molecule has 0 atom stereocenters. The number of benzene rings is 2. The predicted molar refractivity (Wildman–Crippen MR) is 153 cm³/mol. The first-order valence-electron chi connectivity index (χ1n) is 13.6. The van der Waals surface area contributed by atoms with Crippen molar-refractivity contribution in [1.29, 1.82) is 0 Å². The molecule has 0 unspecified atom stereocenters. The lowest BCUT2D eigenvalue weighted by molar-refractivity contribution is -0.137. The maximum Gasteiger partial charge on any atom is 0.416 e. The molecule has 0 spiro atoms. The quantitative estimate of drug-likeness (QED) is 0.224. The second-order valence-corrected chi connectivity index (χ2v) is 10.1. The van der Waals surface area contributed by atoms with E-state index in [9.17, 15) is 27.6 Å². The van der Waals surface area contributed by atoms with Crippen molar-refractivity contribution in [1.82, 2.24) is 29.5 Å². The van der Waals surface area contributed by atoms with Gasteiger partial charge < -0.3 is 19.5 Å². The first-order chi connectivity index (χ1) is 21.2. The molecular weight excluding hydrogens is 577 g/mol. The average molecular weight is 603 g/mol. The summed E-state index contributed by atoms with van der Waals surface area (Å²) in [7, 11) is 1.42. The molecule has 0 saturated carbocycles. The van der Waals surface area contributed by atoms with Gasteiger partial charge >= 0.3 is 6.18 Å². The summed E-state index contributed by atoms with van der Waals surface area (Å²) in [6, 6.07) is 15.1. The summed E-state index contributed by atoms with van der Waals surface area (Å²) in [6.45, 7) is 0.988. The minimum Gasteiger partial charge on any atom is -0.494 e. The second-order valence-electron chi connectivity index (χ2n) is 10.1. The summed E-state index contributed by atoms with van der Waals surface area (Å²) < 4.78 is 45.8. The Hall–Kier alpha value is -5.46. The standard InChI is InChI=1S/C31H25F3N6O4/c1-44-24-18-36-28(40-12-11-23(37-40)19-7-9-21(10-8-19)31(32,33)34)26-25(24)22(17-35-26)27(41)30(43)39-15-13-38(14-16-39)29(42)20-5-3-2-4-6-20/h2-12,17-18,35H,13-16H2,1H3. The van der Waals surface area contributed by atoms with Gasteiger partial charge in [0, 0.05) is 49.7 Å². The Kier molecular flexibility index (Phi) is 7.37. The monoisotopic (exact) mass is 602 g/mol. The molecule has 1 aliphatic heterocycles. The molecule has 2 amide bonds. The lowest BCUT2D eigenvalue weighted by atomic mass is 10.1. The van der Waals surface area contributed by atoms with Crippen molar-refractivity contribution in [2.24, 2.45) is 0 Å². The number of nitrogens with one attached hydrogen (secondary N) is 1. The van der Waals surface area contributed by atoms with E-state index in [4.69, 9.17) is 4.74 Å². The van der Waals surface area contributed by atoms with Gasteiger partial charge in [0.25, 0.3) is 17.6 Å². The number of H-pyrrole nitrogens is 1. The molecule has 5 aromatic rings. The number of ether oxygens (including phenoxy) is 1. The van der Waals surface area contributed by atoms with Crippen molar-refractivity contribution in [3.63, 3.8) is 0 Å². The highest BCUT2D eigenvalue weighted by molar-refractivity contribution is 6.45. The Morgan fingerprint density at radius 1 is 0.909 bits per heavy atom. The van der Waals surface area contributed by atoms with Gasteiger partial charge in [-0.25, -0.2) is 9.67 Å². The summed E-state index contributed by atoms with van der Waals surface area (Å²) >= 11 is 0. The van der Waals surface area contributed by atoms with E-state index in [1.807, 2.05) is 6.07 Å². The number of nitrogens with zero attached hydrogens (tertiary/aromatic N) is 5. The Balaban J connectivity index is 1.23. The van der Waals surface area contributed by atoms with Gasteiger partial charge in [-0.2, -0.15) is 18.3 Å². The van der Waals surface area contributed by atoms with Crippen LogP contribution in [0.5, 0.6) is 5.75 Å². The summed E-state index contributed by atoms with van der Waals surface area (Å²) in [6.07, 6.45) is -0.0460. The number of piperazine rings is 1. The largest absolute Gasteiger partial charge is 0.494 e. The Labute approximate surface area is 248 Å². The first-order valence-corrected chi connectivity index (χ1v) is 13.6. The maximum absolute atomic E-state index is 13.5. The molecule has 224 valence electrons. The molecule has 1 aliphatic rings. The summed E-state index contributed by atoms with van der Waals surface area (Å²) in [4.78, 5) is 50.1. The zero-order valence-corrected chi connectivity index (χ0v) is 23.3. The minimum absolute atomic E-state index is 0.0865. The molecule has 6 rings (SSSR count). The fourth-order valence-corrected chi connectivity index (χ4v) is 5.17. The summed E-state index contributed by atoms with van der Waals surface area (Å²) in [5, 5.41) is 4.81. The highest BCUT2D eigenvalue weighted by Crippen LogP contribution is 2.33. The third-order valence-electron chi connectivity index (χ3n) is 7.50. The van der Waals surface area contributed by atoms with Crippen molar-refractivity contribution in [2.45, 2.75) is 6.18 Å². The molecule has 2 aromatic carbocycles. The molecule has 10 nitrogen and oxygen atoms in total. The van der Waals surface area contributed by atoms with Crippen molar-refractivity contribution in [3.05, 3.63) is 95.9 Å². The van der Waals surface area contributed by atoms with E-state index >= 15 is 0 Å². The smallest absolute Gasteiger partial charge is 0.416 e. The number of methoxy groups -OCH3 is 1. The summed E-state index contributed by atoms with van der Waals surface area (Å²) in [5.41, 5.74) is 1.14. The molecule has 4 heterocycles. The zero-order chi connectivity index (χ0) is 31.0. The van der Waals surface area contributed by atoms with Gasteiger partial charge in [-0.1, -0.05) is 30.3 Å². The van der Waals surface area contributed by atoms with Crippen LogP contribution in [0.2, 0.25) is 0 Å². The van der Waals surface area contributed by atoms with Gasteiger partial charge in [-0.05, 0) is 30.3 Å². The fraction of sp³-hybridized carbons (Fsp3) is 0.194. The number of amides is 2. The third kappa shape index (κ3) is 5.27. The number of Topliss-reactive ketones (excluding diaryl/α,β-unsaturated/α-hetero) is 1. The number of carbonyl (C=O) groups is 3. The number of aromatic amines is 1. The molecule has 0 radical (unpaired) electrons. The van der Waals surface area contributed by atoms with Crippen LogP contribution in [0.4, 0.5) is 13.2 Å². The van der Waals surface area contributed by atoms with Crippen molar-refractivity contribution in [2.75, 3.05) is 33.3 Å². The third-order valence-corrected chi connectivity index (χ3v) is 7.50. The second kappa shape index (κ2) is 11.3. The van der Waals surface area contributed by atoms with Crippen LogP contribution in [0.25, 0.3) is 28.0 Å². The Bertz CT molecular complexity index is 1860. The SMILES string of the molecule is COc1cnc(-n2ccc(-c3ccc(C(F)(F)F)cc3)n2)c2[nH]cc(C(=O)C(=O)N3CCN(C(=O)c4ccccc4)CC3)c12. The normalized spacial score (nSPS) is 13.7. The number of pyridine rings is 1. The van der Waals surface area contributed by atoms with Crippen LogP contribution in [0.1, 0.15) is 26.3 Å². The molecule has 1 fully saturated rings. The highest BCUT2D eigenvalue weighted by Gasteiger charge is 2.32. The number of aromatic nitrogens is 4. The molecule has 1 saturated heterocycles. The van der Waals surface area contributed by atoms with E-state index < -0.39 is 23.4 Å². The molecular formula is C31H25F3N6O4. The van der Waals surface area contributed by atoms with E-state index in [0.29, 0.717) is 46.6 Å². The Morgan fingerprint density at radius 3 is 2.25 bits per heavy atom. The van der Waals surface area contributed by atoms with Gasteiger partial charge in [0.05, 0.1) is 41.0 Å². The zero-order valence-electron chi connectivity index (χ0n) is 23.3. The van der Waals surface area contributed by atoms with E-state index in [1.54, 1.807) is 41.4 Å². The number of ketones is 1. The molecule has 0 bridgehead atoms. The first kappa shape index (κ1) is 28.6. The number of alkyl halides is 3. The number of hydrogen-bond donors (Lipinski definition) is 1. The minimum atomic E-state index is -4.45. The number of hydrogen-bond acceptors (Lipinski definition) is 6. The van der Waals surface area contributed by atoms with Crippen LogP contribution >= 0.6 is 0 Å². The van der Waals surface area contributed by atoms with Gasteiger partial charge in [-0.3, -0.25) is 14.4 Å². The number of halogens is 3. The van der Waals surface area contributed by atoms with E-state index in [1.165, 1.54) is 41.2 Å². The predicted octanol–water partition coefficient (Wildman–Crippen LogP) is 4.61. The van der Waals surface area contributed by atoms with Crippen molar-refractivity contribution in [3.8, 4) is 22.8 Å². The van der Waals surface area contributed by atoms with Crippen molar-refractivity contribution < 1.29 is 32.3 Å². The highest BCUT2D eigenvalue weighted by atomic mass is 19.4. The van der Waals surface area contributed by atoms with Gasteiger partial charge in [0.2, 0.25) is 0 Å². The molecule has 44 heavy (non-hydrogen) atoms. The van der Waals surface area contributed by atoms with Crippen LogP contribution in [0.3, 0.4) is 0 Å². The van der Waals surface area contributed by atoms with Crippen LogP contribution in [-0.2, 0) is 11.0 Å². The van der Waals surface area contributed by atoms with Crippen LogP contribution in [0, 0.1) is 0 Å². The van der Waals surface area contributed by atoms with Gasteiger partial charge in [-0.15, -0.1) is 0 Å². The van der Waals surface area contributed by atoms with E-state index in [0.717, 1.165) is 12.1 Å². The van der Waals surface area contributed by atoms with E-state index in [2.05, 4.69) is 15.1 Å². The van der Waals surface area contributed by atoms with Crippen LogP contribution in [0.15, 0.2) is 79.3 Å². The van der Waals surface area contributed by atoms with Crippen molar-refractivity contribution >= 4 is 28.5 Å². The average Bonchev–Trinajstić information content (AvgIpc) is 3.72. The molecule has 1 N–H and O–H groups in total. The molecule has 3 aromatic heterocycles. The van der Waals surface area contributed by atoms with Crippen LogP contribution in [-0.4, -0.2) is 80.4 Å². The van der Waals surface area contributed by atoms with Crippen LogP contribution < -0.4 is 4.74 Å². The Morgan fingerprint density at radius 2 is 1.59 bits per heavy atom. The summed E-state index contributed by atoms with van der Waals surface area (Å²) in [5.74, 6) is -1.04. The topological polar surface area (TPSA) is 113 Å². The van der Waals surface area contributed by atoms with E-state index in [-0.39, 0.29) is 30.3 Å². The molecule has 0 aliphatic carbocycles. The number of carbonyl (C=O) groups excluding carboxylic acids is 3. The van der Waals surface area contributed by atoms with Gasteiger partial charge in [0.15, 0.2) is 5.82 Å². The lowest BCUT2D eigenvalue weighted by Crippen LogP contribution is -2.52. The number of rotatable bonds is 6. The van der Waals surface area contributed by atoms with Gasteiger partial charge in [0.1, 0.15) is 5.75 Å². The molecule has 13 heteroatoms. The fourth-order valence-electron chi connectivity index (χ4n) is 5.17. The lowest BCUT2D eigenvalue weighted by Gasteiger charge is -2.34.